The van der Waals surface area contributed by atoms with Crippen molar-refractivity contribution in [1.29, 1.82) is 0 Å². The molecule has 0 radical (unpaired) electrons. The summed E-state index contributed by atoms with van der Waals surface area (Å²) in [6.45, 7) is 29.3. The standard InChI is InChI=1S/C81H120O18/c1-40-28-70(88)97-52-22-25-77(11)49(31-52)35-65(92-44(5)83)74-59-20-17-56(80(59,14)68(38-62(74)77)95-47(8)86)42(3)30-72(90)99-54-24-27-78(12)51(33-54)36-66(93-45(6)84)75-60-21-18-57(81(60,15)69(39-63(75)78)96-48(9)87)41(2)29-71(89)98-53-23-26-76(10)50(32-53)34-64(91-43(4)82)73-58-19-16-55(40)79(58,13)67(37-61(73)76)94-46(7)85/h40-42,49-69,73-75H,16-39H2,1-15H3/t40-,41-,42-,49+,50+,51+,52-,53-,54-,55-,56-,57-,58?,59?,60?,61+,62+,63+,64-,65-,66-,67+,68+,69+,73+,74+,75+,76+,77+,78+,79-,80-,81-/m1/s1. The number of hydrogen-bond donors (Lipinski definition) is 0. The lowest BCUT2D eigenvalue weighted by Crippen LogP contribution is -2.63. The van der Waals surface area contributed by atoms with Crippen molar-refractivity contribution in [3.8, 4) is 0 Å². The molecule has 99 heavy (non-hydrogen) atoms. The predicted octanol–water partition coefficient (Wildman–Crippen LogP) is 14.0. The Kier molecular flexibility index (Phi) is 19.6. The minimum Gasteiger partial charge on any atom is -0.462 e. The van der Waals surface area contributed by atoms with Gasteiger partial charge >= 0.3 is 53.7 Å². The lowest BCUT2D eigenvalue weighted by atomic mass is 9.43. The molecule has 552 valence electrons. The van der Waals surface area contributed by atoms with E-state index < -0.39 is 52.9 Å². The number of carbonyl (C=O) groups is 9. The van der Waals surface area contributed by atoms with E-state index in [1.165, 1.54) is 41.5 Å². The molecule has 19 fully saturated rings. The summed E-state index contributed by atoms with van der Waals surface area (Å²) in [5.41, 5.74) is -2.34. The molecule has 7 saturated heterocycles. The number of rotatable bonds is 6. The summed E-state index contributed by atoms with van der Waals surface area (Å²) in [7, 11) is 0. The number of hydrogen-bond acceptors (Lipinski definition) is 18. The fourth-order valence-corrected chi connectivity index (χ4v) is 28.6. The van der Waals surface area contributed by atoms with Gasteiger partial charge < -0.3 is 42.6 Å². The van der Waals surface area contributed by atoms with E-state index in [-0.39, 0.29) is 214 Å². The van der Waals surface area contributed by atoms with Gasteiger partial charge in [0.05, 0.1) is 0 Å². The van der Waals surface area contributed by atoms with Gasteiger partial charge in [-0.3, -0.25) is 43.2 Å². The van der Waals surface area contributed by atoms with E-state index in [4.69, 9.17) is 42.6 Å². The van der Waals surface area contributed by atoms with Gasteiger partial charge in [-0.15, -0.1) is 0 Å². The van der Waals surface area contributed by atoms with Crippen LogP contribution in [-0.2, 0) is 85.8 Å². The molecule has 12 aliphatic carbocycles. The van der Waals surface area contributed by atoms with Crippen molar-refractivity contribution in [3.63, 3.8) is 0 Å². The Balaban J connectivity index is 0.825. The maximum Gasteiger partial charge on any atom is 0.306 e. The second-order valence-corrected chi connectivity index (χ2v) is 37.0. The van der Waals surface area contributed by atoms with E-state index in [0.29, 0.717) is 77.0 Å². The highest BCUT2D eigenvalue weighted by molar-refractivity contribution is 5.72. The molecule has 19 aliphatic rings. The van der Waals surface area contributed by atoms with Crippen LogP contribution in [0.15, 0.2) is 0 Å². The van der Waals surface area contributed by atoms with Crippen molar-refractivity contribution in [2.45, 2.75) is 313 Å². The van der Waals surface area contributed by atoms with E-state index in [9.17, 15) is 43.2 Å². The molecule has 7 heterocycles. The van der Waals surface area contributed by atoms with Gasteiger partial charge in [-0.2, -0.15) is 0 Å². The van der Waals surface area contributed by atoms with Crippen LogP contribution >= 0.6 is 0 Å². The first kappa shape index (κ1) is 72.6. The lowest BCUT2D eigenvalue weighted by molar-refractivity contribution is -0.226. The van der Waals surface area contributed by atoms with E-state index in [1.54, 1.807) is 0 Å². The highest BCUT2D eigenvalue weighted by Gasteiger charge is 2.72. The highest BCUT2D eigenvalue weighted by Crippen LogP contribution is 2.74. The van der Waals surface area contributed by atoms with Gasteiger partial charge in [0.2, 0.25) is 0 Å². The molecular formula is C81H120O18. The van der Waals surface area contributed by atoms with Gasteiger partial charge in [0, 0.05) is 94.8 Å². The van der Waals surface area contributed by atoms with E-state index in [2.05, 4.69) is 62.3 Å². The van der Waals surface area contributed by atoms with Gasteiger partial charge in [0.1, 0.15) is 54.9 Å². The maximum atomic E-state index is 14.7. The minimum atomic E-state index is -0.541. The smallest absolute Gasteiger partial charge is 0.306 e. The van der Waals surface area contributed by atoms with Gasteiger partial charge in [-0.05, 0) is 240 Å². The molecule has 12 saturated carbocycles. The molecule has 0 aromatic heterocycles. The lowest BCUT2D eigenvalue weighted by Gasteiger charge is -2.64. The molecule has 7 aliphatic heterocycles. The first-order valence-electron chi connectivity index (χ1n) is 39.2. The molecule has 0 aromatic carbocycles. The van der Waals surface area contributed by atoms with Crippen molar-refractivity contribution >= 4 is 53.7 Å². The number of carbonyl (C=O) groups excluding carboxylic acids is 9. The summed E-state index contributed by atoms with van der Waals surface area (Å²) >= 11 is 0. The molecule has 18 nitrogen and oxygen atoms in total. The summed E-state index contributed by atoms with van der Waals surface area (Å²) in [5, 5.41) is 0. The number of fused-ring (bicyclic) bond motifs is 3. The Hall–Kier alpha value is -4.77. The van der Waals surface area contributed by atoms with E-state index in [1.807, 2.05) is 0 Å². The third-order valence-electron chi connectivity index (χ3n) is 32.6. The Morgan fingerprint density at radius 1 is 0.313 bits per heavy atom. The van der Waals surface area contributed by atoms with Crippen LogP contribution in [0, 0.1) is 139 Å². The first-order valence-corrected chi connectivity index (χ1v) is 39.2. The quantitative estimate of drug-likeness (QED) is 0.177. The number of esters is 9. The van der Waals surface area contributed by atoms with Crippen LogP contribution in [0.3, 0.4) is 0 Å². The summed E-state index contributed by atoms with van der Waals surface area (Å²) in [4.78, 5) is 124. The molecular weight excluding hydrogens is 1260 g/mol. The molecule has 18 heteroatoms. The fraction of sp³-hybridized carbons (Fsp3) is 0.889. The van der Waals surface area contributed by atoms with Crippen LogP contribution in [0.25, 0.3) is 0 Å². The van der Waals surface area contributed by atoms with Crippen molar-refractivity contribution in [1.82, 2.24) is 0 Å². The monoisotopic (exact) mass is 1380 g/mol. The SMILES string of the molecule is CC(=O)O[C@H]1C[C@H]2[C@@H]3C4CC[C@H]([C@H](C)CC(=O)O[C@@H]5CC[C@@]6(C)[C@@H](C5)C[C@@H](OC(C)=O)[C@H]5C7CC[C@H]([C@H](C)CC(=O)O[C@@H]8CC[C@@]9(C)[C@@H](C8)C[C@@H](OC(C)=O)[C@H]8C%10CC[C@H]([C@H](C)CC(=O)O[C@@H]%11CC[C@@]2(C)[C@@H](C%11)C[C@H]3OC(C)=O)[C@@]%10(C)[C@@H](OC(C)=O)C[C@@H]89)[C@@]7(C)[C@@H](OC(C)=O)C[C@@H]56)[C@]41C. The normalized spacial score (nSPS) is 50.7. The minimum absolute atomic E-state index is 0.00754. The molecule has 33 atom stereocenters. The zero-order chi connectivity index (χ0) is 71.1. The van der Waals surface area contributed by atoms with Crippen molar-refractivity contribution in [2.75, 3.05) is 0 Å². The van der Waals surface area contributed by atoms with Gasteiger partial charge in [-0.1, -0.05) is 62.3 Å². The Morgan fingerprint density at radius 3 is 0.778 bits per heavy atom. The predicted molar refractivity (Wildman–Crippen MR) is 362 cm³/mol. The summed E-state index contributed by atoms with van der Waals surface area (Å²) < 4.78 is 59.0. The van der Waals surface area contributed by atoms with Gasteiger partial charge in [0.15, 0.2) is 0 Å². The van der Waals surface area contributed by atoms with E-state index >= 15 is 0 Å². The third-order valence-corrected chi connectivity index (χ3v) is 32.6. The molecule has 0 N–H and O–H groups in total. The van der Waals surface area contributed by atoms with Crippen molar-refractivity contribution in [2.24, 2.45) is 139 Å². The molecule has 0 amide bonds. The molecule has 0 spiro atoms. The summed E-state index contributed by atoms with van der Waals surface area (Å²) in [5.74, 6) is -2.94. The Labute approximate surface area is 588 Å². The molecule has 24 bridgehead atoms. The molecule has 19 rings (SSSR count). The van der Waals surface area contributed by atoms with Crippen LogP contribution in [0.5, 0.6) is 0 Å². The average Bonchev–Trinajstić information content (AvgIpc) is 1.69. The molecule has 0 aromatic rings. The van der Waals surface area contributed by atoms with Crippen LogP contribution < -0.4 is 0 Å². The Morgan fingerprint density at radius 2 is 0.545 bits per heavy atom. The van der Waals surface area contributed by atoms with Gasteiger partial charge in [0.25, 0.3) is 0 Å². The summed E-state index contributed by atoms with van der Waals surface area (Å²) in [6, 6.07) is 0. The second-order valence-electron chi connectivity index (χ2n) is 37.0. The highest BCUT2D eigenvalue weighted by atomic mass is 16.6. The van der Waals surface area contributed by atoms with Crippen molar-refractivity contribution < 1.29 is 85.8 Å². The first-order chi connectivity index (χ1) is 46.6. The van der Waals surface area contributed by atoms with Crippen LogP contribution in [-0.4, -0.2) is 109 Å². The number of ether oxygens (including phenoxy) is 9. The molecule has 3 unspecified atom stereocenters. The van der Waals surface area contributed by atoms with Crippen LogP contribution in [0.2, 0.25) is 0 Å². The average molecular weight is 1380 g/mol. The third kappa shape index (κ3) is 12.4. The van der Waals surface area contributed by atoms with Gasteiger partial charge in [-0.25, -0.2) is 0 Å². The van der Waals surface area contributed by atoms with E-state index in [0.717, 1.165) is 57.8 Å². The van der Waals surface area contributed by atoms with Crippen LogP contribution in [0.4, 0.5) is 0 Å². The van der Waals surface area contributed by atoms with Crippen molar-refractivity contribution in [3.05, 3.63) is 0 Å². The van der Waals surface area contributed by atoms with Crippen LogP contribution in [0.1, 0.15) is 258 Å². The second kappa shape index (κ2) is 26.7. The fourth-order valence-electron chi connectivity index (χ4n) is 28.6. The maximum absolute atomic E-state index is 14.7. The topological polar surface area (TPSA) is 237 Å². The summed E-state index contributed by atoms with van der Waals surface area (Å²) in [6.07, 6.45) is 11.7. The Bertz CT molecular complexity index is 2840. The zero-order valence-electron chi connectivity index (χ0n) is 62.4. The zero-order valence-corrected chi connectivity index (χ0v) is 62.4. The largest absolute Gasteiger partial charge is 0.462 e.